The van der Waals surface area contributed by atoms with Gasteiger partial charge >= 0.3 is 6.18 Å². The Balaban J connectivity index is 3.13. The van der Waals surface area contributed by atoms with E-state index in [4.69, 9.17) is 5.11 Å². The van der Waals surface area contributed by atoms with Crippen LogP contribution in [-0.4, -0.2) is 29.0 Å². The van der Waals surface area contributed by atoms with Crippen LogP contribution >= 0.6 is 0 Å². The molecule has 0 saturated heterocycles. The maximum absolute atomic E-state index is 13.7. The zero-order chi connectivity index (χ0) is 12.4. The lowest BCUT2D eigenvalue weighted by molar-refractivity contribution is -0.247. The molecule has 90 valence electrons. The van der Waals surface area contributed by atoms with Gasteiger partial charge in [0.2, 0.25) is 5.67 Å². The van der Waals surface area contributed by atoms with Crippen molar-refractivity contribution in [1.29, 1.82) is 0 Å². The van der Waals surface area contributed by atoms with Gasteiger partial charge in [0.15, 0.2) is 6.10 Å². The number of halogens is 5. The number of rotatable bonds is 3. The molecule has 1 rings (SSSR count). The second-order valence-corrected chi connectivity index (χ2v) is 3.16. The standard InChI is InChI=1S/C9H8F5NO/c10-5-8(11,7(16)9(12,13)14)6-3-1-2-4-15-6/h1-4,7,16H,5H2. The molecule has 1 N–H and O–H groups in total. The van der Waals surface area contributed by atoms with E-state index in [9.17, 15) is 22.0 Å². The molecule has 0 aromatic carbocycles. The largest absolute Gasteiger partial charge is 0.418 e. The smallest absolute Gasteiger partial charge is 0.381 e. The summed E-state index contributed by atoms with van der Waals surface area (Å²) in [6, 6.07) is 3.42. The van der Waals surface area contributed by atoms with E-state index >= 15 is 0 Å². The molecule has 1 aromatic heterocycles. The second kappa shape index (κ2) is 4.32. The molecule has 0 saturated carbocycles. The summed E-state index contributed by atoms with van der Waals surface area (Å²) in [4.78, 5) is 3.28. The minimum atomic E-state index is -5.25. The summed E-state index contributed by atoms with van der Waals surface area (Å²) < 4.78 is 62.6. The van der Waals surface area contributed by atoms with Gasteiger partial charge in [-0.3, -0.25) is 4.98 Å². The molecule has 0 aliphatic heterocycles. The van der Waals surface area contributed by atoms with Gasteiger partial charge < -0.3 is 5.11 Å². The predicted octanol–water partition coefficient (Wildman–Crippen LogP) is 2.14. The third-order valence-electron chi connectivity index (χ3n) is 2.03. The normalized spacial score (nSPS) is 17.9. The zero-order valence-corrected chi connectivity index (χ0v) is 7.88. The fourth-order valence-corrected chi connectivity index (χ4v) is 1.15. The Bertz CT molecular complexity index is 342. The summed E-state index contributed by atoms with van der Waals surface area (Å²) >= 11 is 0. The van der Waals surface area contributed by atoms with Crippen molar-refractivity contribution < 1.29 is 27.1 Å². The Morgan fingerprint density at radius 1 is 1.25 bits per heavy atom. The first-order valence-electron chi connectivity index (χ1n) is 4.23. The molecule has 16 heavy (non-hydrogen) atoms. The van der Waals surface area contributed by atoms with Crippen molar-refractivity contribution in [3.63, 3.8) is 0 Å². The summed E-state index contributed by atoms with van der Waals surface area (Å²) in [5.41, 5.74) is -4.36. The molecule has 7 heteroatoms. The van der Waals surface area contributed by atoms with E-state index in [-0.39, 0.29) is 0 Å². The van der Waals surface area contributed by atoms with Crippen molar-refractivity contribution in [2.75, 3.05) is 6.67 Å². The monoisotopic (exact) mass is 241 g/mol. The lowest BCUT2D eigenvalue weighted by Crippen LogP contribution is -2.47. The number of hydrogen-bond acceptors (Lipinski definition) is 2. The third kappa shape index (κ3) is 2.29. The highest BCUT2D eigenvalue weighted by molar-refractivity contribution is 5.16. The summed E-state index contributed by atoms with van der Waals surface area (Å²) in [5, 5.41) is 8.78. The minimum absolute atomic E-state index is 0.790. The topological polar surface area (TPSA) is 33.1 Å². The average Bonchev–Trinajstić information content (AvgIpc) is 2.27. The molecule has 0 spiro atoms. The first-order valence-corrected chi connectivity index (χ1v) is 4.23. The SMILES string of the molecule is OC(C(F)(F)F)C(F)(CF)c1ccccn1. The zero-order valence-electron chi connectivity index (χ0n) is 7.88. The molecule has 1 aromatic rings. The van der Waals surface area contributed by atoms with Crippen LogP contribution in [0.2, 0.25) is 0 Å². The third-order valence-corrected chi connectivity index (χ3v) is 2.03. The van der Waals surface area contributed by atoms with Crippen LogP contribution in [0.3, 0.4) is 0 Å². The molecule has 0 aliphatic carbocycles. The number of aromatic nitrogens is 1. The Hall–Kier alpha value is -1.24. The van der Waals surface area contributed by atoms with Crippen LogP contribution in [0, 0.1) is 0 Å². The van der Waals surface area contributed by atoms with E-state index in [2.05, 4.69) is 4.98 Å². The quantitative estimate of drug-likeness (QED) is 0.822. The van der Waals surface area contributed by atoms with Gasteiger partial charge in [-0.1, -0.05) is 6.07 Å². The van der Waals surface area contributed by atoms with E-state index in [0.717, 1.165) is 12.3 Å². The highest BCUT2D eigenvalue weighted by Crippen LogP contribution is 2.37. The average molecular weight is 241 g/mol. The van der Waals surface area contributed by atoms with E-state index in [1.54, 1.807) is 0 Å². The Morgan fingerprint density at radius 2 is 1.88 bits per heavy atom. The van der Waals surface area contributed by atoms with Crippen LogP contribution in [0.25, 0.3) is 0 Å². The predicted molar refractivity (Wildman–Crippen MR) is 45.1 cm³/mol. The molecule has 1 heterocycles. The number of aliphatic hydroxyl groups is 1. The van der Waals surface area contributed by atoms with Gasteiger partial charge in [0.1, 0.15) is 6.67 Å². The number of aliphatic hydroxyl groups excluding tert-OH is 1. The summed E-state index contributed by atoms with van der Waals surface area (Å²) in [5.74, 6) is 0. The number of pyridine rings is 1. The van der Waals surface area contributed by atoms with Gasteiger partial charge in [0, 0.05) is 6.20 Å². The lowest BCUT2D eigenvalue weighted by Gasteiger charge is -2.28. The fourth-order valence-electron chi connectivity index (χ4n) is 1.15. The Morgan fingerprint density at radius 3 is 2.25 bits per heavy atom. The lowest BCUT2D eigenvalue weighted by atomic mass is 9.95. The van der Waals surface area contributed by atoms with Crippen LogP contribution in [0.4, 0.5) is 22.0 Å². The van der Waals surface area contributed by atoms with Crippen molar-refractivity contribution in [3.8, 4) is 0 Å². The van der Waals surface area contributed by atoms with E-state index in [1.165, 1.54) is 12.1 Å². The molecule has 2 atom stereocenters. The summed E-state index contributed by atoms with van der Waals surface area (Å²) in [6.45, 7) is -2.01. The van der Waals surface area contributed by atoms with Crippen LogP contribution in [-0.2, 0) is 5.67 Å². The van der Waals surface area contributed by atoms with Crippen molar-refractivity contribution in [3.05, 3.63) is 30.1 Å². The fraction of sp³-hybridized carbons (Fsp3) is 0.444. The van der Waals surface area contributed by atoms with Crippen LogP contribution < -0.4 is 0 Å². The van der Waals surface area contributed by atoms with E-state index in [1.807, 2.05) is 0 Å². The van der Waals surface area contributed by atoms with Crippen LogP contribution in [0.5, 0.6) is 0 Å². The van der Waals surface area contributed by atoms with Crippen molar-refractivity contribution in [2.24, 2.45) is 0 Å². The van der Waals surface area contributed by atoms with E-state index < -0.39 is 30.3 Å². The first-order chi connectivity index (χ1) is 7.32. The molecule has 0 radical (unpaired) electrons. The molecule has 0 bridgehead atoms. The Kier molecular flexibility index (Phi) is 3.47. The Labute approximate surface area is 87.7 Å². The molecular formula is C9H8F5NO. The molecule has 0 fully saturated rings. The van der Waals surface area contributed by atoms with Gasteiger partial charge in [0.25, 0.3) is 0 Å². The summed E-state index contributed by atoms with van der Waals surface area (Å²) in [6.07, 6.45) is -7.68. The molecule has 2 nitrogen and oxygen atoms in total. The van der Waals surface area contributed by atoms with Crippen LogP contribution in [0.15, 0.2) is 24.4 Å². The number of alkyl halides is 5. The molecule has 0 amide bonds. The maximum Gasteiger partial charge on any atom is 0.418 e. The van der Waals surface area contributed by atoms with Gasteiger partial charge in [-0.25, -0.2) is 8.78 Å². The van der Waals surface area contributed by atoms with Gasteiger partial charge in [-0.15, -0.1) is 0 Å². The highest BCUT2D eigenvalue weighted by Gasteiger charge is 2.55. The highest BCUT2D eigenvalue weighted by atomic mass is 19.4. The van der Waals surface area contributed by atoms with Crippen molar-refractivity contribution in [2.45, 2.75) is 17.9 Å². The maximum atomic E-state index is 13.7. The van der Waals surface area contributed by atoms with Gasteiger partial charge in [-0.2, -0.15) is 13.2 Å². The van der Waals surface area contributed by atoms with Gasteiger partial charge in [0.05, 0.1) is 5.69 Å². The molecular weight excluding hydrogens is 233 g/mol. The van der Waals surface area contributed by atoms with Crippen molar-refractivity contribution in [1.82, 2.24) is 4.98 Å². The second-order valence-electron chi connectivity index (χ2n) is 3.16. The van der Waals surface area contributed by atoms with Gasteiger partial charge in [-0.05, 0) is 12.1 Å². The molecule has 2 unspecified atom stereocenters. The van der Waals surface area contributed by atoms with E-state index in [0.29, 0.717) is 0 Å². The number of nitrogens with zero attached hydrogens (tertiary/aromatic N) is 1. The van der Waals surface area contributed by atoms with Crippen molar-refractivity contribution >= 4 is 0 Å². The molecule has 0 aliphatic rings. The number of hydrogen-bond donors (Lipinski definition) is 1. The first kappa shape index (κ1) is 12.8. The minimum Gasteiger partial charge on any atom is -0.381 e. The summed E-state index contributed by atoms with van der Waals surface area (Å²) in [7, 11) is 0. The van der Waals surface area contributed by atoms with Crippen LogP contribution in [0.1, 0.15) is 5.69 Å².